The fourth-order valence-electron chi connectivity index (χ4n) is 2.64. The summed E-state index contributed by atoms with van der Waals surface area (Å²) in [7, 11) is 0. The van der Waals surface area contributed by atoms with Gasteiger partial charge in [0, 0.05) is 29.0 Å². The largest absolute Gasteiger partial charge is 0.478 e. The lowest BCUT2D eigenvalue weighted by atomic mass is 10.2. The molecule has 3 heterocycles. The summed E-state index contributed by atoms with van der Waals surface area (Å²) in [5.41, 5.74) is 1.23. The molecule has 9 heteroatoms. The first-order valence-corrected chi connectivity index (χ1v) is 8.67. The number of carboxylic acid groups (broad SMARTS) is 1. The van der Waals surface area contributed by atoms with Crippen LogP contribution in [0.3, 0.4) is 0 Å². The summed E-state index contributed by atoms with van der Waals surface area (Å²) >= 11 is 1.45. The Morgan fingerprint density at radius 2 is 2.27 bits per heavy atom. The first-order valence-electron chi connectivity index (χ1n) is 7.90. The van der Waals surface area contributed by atoms with Crippen LogP contribution in [0.2, 0.25) is 0 Å². The fourth-order valence-corrected chi connectivity index (χ4v) is 3.56. The molecule has 132 valence electrons. The summed E-state index contributed by atoms with van der Waals surface area (Å²) in [5.74, 6) is 1.47. The molecule has 0 saturated heterocycles. The van der Waals surface area contributed by atoms with Crippen LogP contribution in [-0.4, -0.2) is 35.1 Å². The zero-order valence-corrected chi connectivity index (χ0v) is 14.7. The molecule has 0 fully saturated rings. The molecule has 8 nitrogen and oxygen atoms in total. The Morgan fingerprint density at radius 1 is 1.38 bits per heavy atom. The van der Waals surface area contributed by atoms with Crippen LogP contribution in [0, 0.1) is 6.92 Å². The van der Waals surface area contributed by atoms with Gasteiger partial charge in [-0.25, -0.2) is 9.78 Å². The molecular formula is C17H16N6O2S. The zero-order valence-electron chi connectivity index (χ0n) is 13.9. The number of fused-ring (bicyclic) bond motifs is 1. The van der Waals surface area contributed by atoms with Gasteiger partial charge in [-0.05, 0) is 37.1 Å². The van der Waals surface area contributed by atoms with Crippen LogP contribution in [0.25, 0.3) is 5.82 Å². The van der Waals surface area contributed by atoms with Crippen molar-refractivity contribution in [3.8, 4) is 0 Å². The number of anilines is 1. The molecule has 1 aliphatic rings. The second-order valence-corrected chi connectivity index (χ2v) is 6.91. The molecule has 0 saturated carbocycles. The lowest BCUT2D eigenvalue weighted by Gasteiger charge is -2.26. The number of aryl methyl sites for hydroxylation is 1. The zero-order chi connectivity index (χ0) is 18.1. The SMILES string of the molecule is Cc1cc(NC2=CN(Sc3cccc(C(=O)O)c3)Cc3nccn32)n[nH]1. The molecular weight excluding hydrogens is 352 g/mol. The van der Waals surface area contributed by atoms with Gasteiger partial charge >= 0.3 is 5.97 Å². The first-order chi connectivity index (χ1) is 12.6. The summed E-state index contributed by atoms with van der Waals surface area (Å²) in [6, 6.07) is 8.78. The van der Waals surface area contributed by atoms with E-state index < -0.39 is 5.97 Å². The molecule has 0 amide bonds. The van der Waals surface area contributed by atoms with Crippen molar-refractivity contribution in [3.63, 3.8) is 0 Å². The number of nitrogens with one attached hydrogen (secondary N) is 2. The molecule has 3 aromatic rings. The third kappa shape index (κ3) is 3.29. The number of hydrogen-bond donors (Lipinski definition) is 3. The highest BCUT2D eigenvalue weighted by molar-refractivity contribution is 7.97. The van der Waals surface area contributed by atoms with Crippen molar-refractivity contribution in [3.05, 3.63) is 66.0 Å². The lowest BCUT2D eigenvalue weighted by molar-refractivity contribution is 0.0696. The standard InChI is InChI=1S/C17H16N6O2S/c1-11-7-14(21-20-11)19-16-10-22(9-15-18-5-6-23(15)16)26-13-4-2-3-12(8-13)17(24)25/h2-8,10H,9H2,1H3,(H,24,25)(H2,19,20,21). The fraction of sp³-hybridized carbons (Fsp3) is 0.118. The summed E-state index contributed by atoms with van der Waals surface area (Å²) in [6.45, 7) is 2.54. The molecule has 0 spiro atoms. The van der Waals surface area contributed by atoms with Gasteiger partial charge < -0.3 is 14.7 Å². The number of aromatic nitrogens is 4. The van der Waals surface area contributed by atoms with Crippen molar-refractivity contribution < 1.29 is 9.90 Å². The van der Waals surface area contributed by atoms with Crippen LogP contribution in [0.15, 0.2) is 53.8 Å². The van der Waals surface area contributed by atoms with Crippen LogP contribution < -0.4 is 5.32 Å². The summed E-state index contributed by atoms with van der Waals surface area (Å²) in [4.78, 5) is 16.4. The van der Waals surface area contributed by atoms with E-state index in [1.54, 1.807) is 24.4 Å². The number of carboxylic acids is 1. The molecule has 0 atom stereocenters. The van der Waals surface area contributed by atoms with Crippen molar-refractivity contribution >= 4 is 29.6 Å². The maximum absolute atomic E-state index is 11.2. The smallest absolute Gasteiger partial charge is 0.335 e. The number of aromatic amines is 1. The Labute approximate surface area is 153 Å². The number of rotatable bonds is 5. The minimum atomic E-state index is -0.937. The minimum Gasteiger partial charge on any atom is -0.478 e. The minimum absolute atomic E-state index is 0.267. The molecule has 26 heavy (non-hydrogen) atoms. The van der Waals surface area contributed by atoms with Crippen molar-refractivity contribution in [1.29, 1.82) is 0 Å². The molecule has 0 bridgehead atoms. The number of imidazole rings is 1. The molecule has 4 rings (SSSR count). The van der Waals surface area contributed by atoms with E-state index in [0.717, 1.165) is 22.2 Å². The molecule has 0 aliphatic carbocycles. The maximum Gasteiger partial charge on any atom is 0.335 e. The van der Waals surface area contributed by atoms with E-state index in [9.17, 15) is 4.79 Å². The van der Waals surface area contributed by atoms with E-state index in [0.29, 0.717) is 12.4 Å². The van der Waals surface area contributed by atoms with E-state index in [1.165, 1.54) is 11.9 Å². The molecule has 0 radical (unpaired) electrons. The second-order valence-electron chi connectivity index (χ2n) is 5.79. The third-order valence-corrected chi connectivity index (χ3v) is 4.74. The van der Waals surface area contributed by atoms with Gasteiger partial charge in [-0.1, -0.05) is 6.07 Å². The predicted octanol–water partition coefficient (Wildman–Crippen LogP) is 3.00. The first kappa shape index (κ1) is 16.3. The van der Waals surface area contributed by atoms with E-state index in [2.05, 4.69) is 20.5 Å². The summed E-state index contributed by atoms with van der Waals surface area (Å²) in [5, 5.41) is 19.6. The summed E-state index contributed by atoms with van der Waals surface area (Å²) < 4.78 is 3.97. The molecule has 0 unspecified atom stereocenters. The average Bonchev–Trinajstić information content (AvgIpc) is 3.24. The van der Waals surface area contributed by atoms with Gasteiger partial charge in [0.1, 0.15) is 11.6 Å². The Balaban J connectivity index is 1.59. The number of nitrogens with zero attached hydrogens (tertiary/aromatic N) is 4. The molecule has 1 aromatic carbocycles. The third-order valence-electron chi connectivity index (χ3n) is 3.81. The highest BCUT2D eigenvalue weighted by atomic mass is 32.2. The average molecular weight is 368 g/mol. The van der Waals surface area contributed by atoms with Gasteiger partial charge in [0.05, 0.1) is 18.3 Å². The topological polar surface area (TPSA) is 99.1 Å². The van der Waals surface area contributed by atoms with E-state index in [1.807, 2.05) is 40.3 Å². The van der Waals surface area contributed by atoms with Crippen LogP contribution in [0.5, 0.6) is 0 Å². The normalized spacial score (nSPS) is 13.3. The molecule has 2 aromatic heterocycles. The van der Waals surface area contributed by atoms with Gasteiger partial charge in [-0.2, -0.15) is 5.10 Å². The van der Waals surface area contributed by atoms with Crippen molar-refractivity contribution in [2.75, 3.05) is 5.32 Å². The van der Waals surface area contributed by atoms with Gasteiger partial charge in [-0.15, -0.1) is 0 Å². The molecule has 3 N–H and O–H groups in total. The molecule has 1 aliphatic heterocycles. The maximum atomic E-state index is 11.2. The highest BCUT2D eigenvalue weighted by Gasteiger charge is 2.19. The number of hydrogen-bond acceptors (Lipinski definition) is 6. The van der Waals surface area contributed by atoms with Crippen molar-refractivity contribution in [2.45, 2.75) is 18.4 Å². The van der Waals surface area contributed by atoms with Crippen LogP contribution >= 0.6 is 11.9 Å². The second kappa shape index (κ2) is 6.60. The number of benzene rings is 1. The quantitative estimate of drug-likeness (QED) is 0.595. The van der Waals surface area contributed by atoms with E-state index in [-0.39, 0.29) is 5.56 Å². The number of H-pyrrole nitrogens is 1. The monoisotopic (exact) mass is 368 g/mol. The Kier molecular flexibility index (Phi) is 4.13. The van der Waals surface area contributed by atoms with Crippen molar-refractivity contribution in [2.24, 2.45) is 0 Å². The Bertz CT molecular complexity index is 993. The van der Waals surface area contributed by atoms with Crippen LogP contribution in [-0.2, 0) is 6.54 Å². The predicted molar refractivity (Wildman–Crippen MR) is 98.2 cm³/mol. The lowest BCUT2D eigenvalue weighted by Crippen LogP contribution is -2.23. The van der Waals surface area contributed by atoms with Crippen LogP contribution in [0.1, 0.15) is 21.9 Å². The highest BCUT2D eigenvalue weighted by Crippen LogP contribution is 2.30. The van der Waals surface area contributed by atoms with E-state index in [4.69, 9.17) is 5.11 Å². The Morgan fingerprint density at radius 3 is 3.04 bits per heavy atom. The van der Waals surface area contributed by atoms with Crippen molar-refractivity contribution in [1.82, 2.24) is 24.1 Å². The Hall–Kier alpha value is -3.20. The van der Waals surface area contributed by atoms with E-state index >= 15 is 0 Å². The summed E-state index contributed by atoms with van der Waals surface area (Å²) in [6.07, 6.45) is 5.59. The van der Waals surface area contributed by atoms with Gasteiger partial charge in [-0.3, -0.25) is 9.67 Å². The number of aromatic carboxylic acids is 1. The van der Waals surface area contributed by atoms with Gasteiger partial charge in [0.25, 0.3) is 0 Å². The number of carbonyl (C=O) groups is 1. The van der Waals surface area contributed by atoms with Gasteiger partial charge in [0.15, 0.2) is 5.82 Å². The van der Waals surface area contributed by atoms with Crippen LogP contribution in [0.4, 0.5) is 5.82 Å². The van der Waals surface area contributed by atoms with Gasteiger partial charge in [0.2, 0.25) is 0 Å².